The maximum atomic E-state index is 13.0. The minimum Gasteiger partial charge on any atom is -0.477 e. The number of carboxylic acids is 1. The van der Waals surface area contributed by atoms with E-state index >= 15 is 0 Å². The summed E-state index contributed by atoms with van der Waals surface area (Å²) < 4.78 is 41.9. The molecule has 25 heavy (non-hydrogen) atoms. The lowest BCUT2D eigenvalue weighted by molar-refractivity contribution is -0.137. The van der Waals surface area contributed by atoms with E-state index in [0.29, 0.717) is 16.6 Å². The molecule has 0 aliphatic carbocycles. The molecule has 3 rings (SSSR count). The minimum atomic E-state index is -4.47. The smallest absolute Gasteiger partial charge is 0.416 e. The van der Waals surface area contributed by atoms with Crippen molar-refractivity contribution >= 4 is 51.1 Å². The number of hydrogen-bond donors (Lipinski definition) is 1. The molecule has 0 atom stereocenters. The standard InChI is InChI=1S/C17H12F3IN2O2/c1-22-13-8-3-2-7-12(13)14(15(22)16(24)25)23(21)11-6-4-5-10(9-11)17(18,19)20/h2-9H,1H3,(H,24,25). The first-order chi connectivity index (χ1) is 11.7. The van der Waals surface area contributed by atoms with E-state index in [4.69, 9.17) is 0 Å². The van der Waals surface area contributed by atoms with Crippen LogP contribution in [0.2, 0.25) is 0 Å². The summed E-state index contributed by atoms with van der Waals surface area (Å²) in [6, 6.07) is 11.8. The fourth-order valence-electron chi connectivity index (χ4n) is 2.75. The summed E-state index contributed by atoms with van der Waals surface area (Å²) in [6.45, 7) is 0. The Bertz CT molecular complexity index is 966. The van der Waals surface area contributed by atoms with Gasteiger partial charge in [0.25, 0.3) is 0 Å². The molecule has 1 N–H and O–H groups in total. The maximum absolute atomic E-state index is 13.0. The van der Waals surface area contributed by atoms with Crippen molar-refractivity contribution in [2.45, 2.75) is 6.18 Å². The van der Waals surface area contributed by atoms with Crippen LogP contribution in [0.3, 0.4) is 0 Å². The van der Waals surface area contributed by atoms with Gasteiger partial charge in [-0.2, -0.15) is 13.2 Å². The zero-order chi connectivity index (χ0) is 18.4. The lowest BCUT2D eigenvalue weighted by Gasteiger charge is -2.19. The number of aromatic nitrogens is 1. The van der Waals surface area contributed by atoms with Crippen LogP contribution in [0, 0.1) is 0 Å². The molecular formula is C17H12F3IN2O2. The molecule has 0 saturated heterocycles. The van der Waals surface area contributed by atoms with E-state index in [1.807, 2.05) is 22.9 Å². The van der Waals surface area contributed by atoms with Crippen molar-refractivity contribution in [3.8, 4) is 0 Å². The number of halogens is 4. The first kappa shape index (κ1) is 17.6. The third kappa shape index (κ3) is 3.06. The second kappa shape index (κ2) is 6.25. The third-order valence-electron chi connectivity index (χ3n) is 3.88. The highest BCUT2D eigenvalue weighted by atomic mass is 127. The quantitative estimate of drug-likeness (QED) is 0.422. The van der Waals surface area contributed by atoms with Crippen LogP contribution in [0.25, 0.3) is 10.9 Å². The molecule has 0 unspecified atom stereocenters. The van der Waals surface area contributed by atoms with Crippen molar-refractivity contribution in [3.63, 3.8) is 0 Å². The highest BCUT2D eigenvalue weighted by Gasteiger charge is 2.31. The first-order valence-electron chi connectivity index (χ1n) is 7.15. The lowest BCUT2D eigenvalue weighted by Crippen LogP contribution is -2.11. The van der Waals surface area contributed by atoms with Gasteiger partial charge in [-0.3, -0.25) is 3.11 Å². The Morgan fingerprint density at radius 3 is 2.48 bits per heavy atom. The zero-order valence-corrected chi connectivity index (χ0v) is 15.0. The Balaban J connectivity index is 2.23. The molecule has 8 heteroatoms. The number of fused-ring (bicyclic) bond motifs is 1. The number of aryl methyl sites for hydroxylation is 1. The number of rotatable bonds is 3. The predicted octanol–water partition coefficient (Wildman–Crippen LogP) is 5.38. The molecule has 130 valence electrons. The molecule has 0 aliphatic heterocycles. The van der Waals surface area contributed by atoms with E-state index in [0.717, 1.165) is 12.1 Å². The third-order valence-corrected chi connectivity index (χ3v) is 4.92. The zero-order valence-electron chi connectivity index (χ0n) is 12.9. The van der Waals surface area contributed by atoms with Crippen LogP contribution in [0.5, 0.6) is 0 Å². The van der Waals surface area contributed by atoms with Crippen molar-refractivity contribution in [2.75, 3.05) is 3.11 Å². The monoisotopic (exact) mass is 460 g/mol. The molecule has 1 aromatic heterocycles. The molecule has 0 amide bonds. The van der Waals surface area contributed by atoms with Crippen LogP contribution in [0.1, 0.15) is 16.1 Å². The van der Waals surface area contributed by atoms with E-state index in [1.54, 1.807) is 31.3 Å². The van der Waals surface area contributed by atoms with Crippen LogP contribution in [-0.2, 0) is 13.2 Å². The summed E-state index contributed by atoms with van der Waals surface area (Å²) in [4.78, 5) is 11.7. The predicted molar refractivity (Wildman–Crippen MR) is 97.5 cm³/mol. The lowest BCUT2D eigenvalue weighted by atomic mass is 10.1. The molecule has 0 spiro atoms. The van der Waals surface area contributed by atoms with Gasteiger partial charge in [0.15, 0.2) is 5.69 Å². The van der Waals surface area contributed by atoms with Crippen LogP contribution in [-0.4, -0.2) is 15.6 Å². The van der Waals surface area contributed by atoms with Crippen molar-refractivity contribution in [2.24, 2.45) is 7.05 Å². The Hall–Kier alpha value is -2.23. The van der Waals surface area contributed by atoms with E-state index in [-0.39, 0.29) is 11.4 Å². The van der Waals surface area contributed by atoms with E-state index in [2.05, 4.69) is 0 Å². The number of anilines is 2. The Morgan fingerprint density at radius 1 is 1.16 bits per heavy atom. The second-order valence-electron chi connectivity index (χ2n) is 5.41. The van der Waals surface area contributed by atoms with Crippen LogP contribution < -0.4 is 3.11 Å². The summed E-state index contributed by atoms with van der Waals surface area (Å²) in [5.74, 6) is -1.15. The molecular weight excluding hydrogens is 448 g/mol. The SMILES string of the molecule is Cn1c(C(=O)O)c(N(I)c2cccc(C(F)(F)F)c2)c2ccccc21. The van der Waals surface area contributed by atoms with E-state index < -0.39 is 17.7 Å². The van der Waals surface area contributed by atoms with Crippen LogP contribution in [0.15, 0.2) is 48.5 Å². The van der Waals surface area contributed by atoms with Crippen molar-refractivity contribution in [3.05, 3.63) is 59.8 Å². The topological polar surface area (TPSA) is 45.5 Å². The summed E-state index contributed by atoms with van der Waals surface area (Å²) in [7, 11) is 1.62. The van der Waals surface area contributed by atoms with Crippen molar-refractivity contribution < 1.29 is 23.1 Å². The number of carboxylic acid groups (broad SMARTS) is 1. The molecule has 3 aromatic rings. The maximum Gasteiger partial charge on any atom is 0.416 e. The van der Waals surface area contributed by atoms with Gasteiger partial charge in [0.1, 0.15) is 0 Å². The van der Waals surface area contributed by atoms with Crippen LogP contribution in [0.4, 0.5) is 24.5 Å². The molecule has 0 saturated carbocycles. The molecule has 2 aromatic carbocycles. The van der Waals surface area contributed by atoms with Crippen LogP contribution >= 0.6 is 22.9 Å². The fraction of sp³-hybridized carbons (Fsp3) is 0.118. The highest BCUT2D eigenvalue weighted by Crippen LogP contribution is 2.41. The van der Waals surface area contributed by atoms with Crippen molar-refractivity contribution in [1.82, 2.24) is 4.57 Å². The van der Waals surface area contributed by atoms with Gasteiger partial charge >= 0.3 is 12.1 Å². The Kier molecular flexibility index (Phi) is 4.40. The normalized spacial score (nSPS) is 11.7. The summed E-state index contributed by atoms with van der Waals surface area (Å²) >= 11 is 1.83. The molecule has 0 aliphatic rings. The summed E-state index contributed by atoms with van der Waals surface area (Å²) in [6.07, 6.45) is -4.47. The molecule has 4 nitrogen and oxygen atoms in total. The van der Waals surface area contributed by atoms with Gasteiger partial charge in [-0.05, 0) is 24.3 Å². The van der Waals surface area contributed by atoms with Crippen molar-refractivity contribution in [1.29, 1.82) is 0 Å². The van der Waals surface area contributed by atoms with Gasteiger partial charge in [0, 0.05) is 12.4 Å². The molecule has 1 heterocycles. The highest BCUT2D eigenvalue weighted by molar-refractivity contribution is 14.1. The first-order valence-corrected chi connectivity index (χ1v) is 8.12. The van der Waals surface area contributed by atoms with Gasteiger partial charge in [0.2, 0.25) is 0 Å². The fourth-order valence-corrected chi connectivity index (χ4v) is 3.54. The number of benzene rings is 2. The number of nitrogens with zero attached hydrogens (tertiary/aromatic N) is 2. The largest absolute Gasteiger partial charge is 0.477 e. The molecule has 0 bridgehead atoms. The number of aromatic carboxylic acids is 1. The average molecular weight is 460 g/mol. The average Bonchev–Trinajstić information content (AvgIpc) is 2.87. The minimum absolute atomic E-state index is 0.00742. The van der Waals surface area contributed by atoms with Gasteiger partial charge in [0.05, 0.1) is 45.3 Å². The number of hydrogen-bond acceptors (Lipinski definition) is 2. The molecule has 0 radical (unpaired) electrons. The molecule has 0 fully saturated rings. The van der Waals surface area contributed by atoms with E-state index in [9.17, 15) is 23.1 Å². The Morgan fingerprint density at radius 2 is 1.84 bits per heavy atom. The van der Waals surface area contributed by atoms with Gasteiger partial charge in [-0.25, -0.2) is 4.79 Å². The van der Waals surface area contributed by atoms with E-state index in [1.165, 1.54) is 19.8 Å². The number of alkyl halides is 3. The van der Waals surface area contributed by atoms with Gasteiger partial charge in [-0.1, -0.05) is 24.3 Å². The second-order valence-corrected chi connectivity index (χ2v) is 6.37. The number of carbonyl (C=O) groups is 1. The van der Waals surface area contributed by atoms with Gasteiger partial charge in [-0.15, -0.1) is 0 Å². The Labute approximate surface area is 155 Å². The summed E-state index contributed by atoms with van der Waals surface area (Å²) in [5, 5.41) is 10.2. The summed E-state index contributed by atoms with van der Waals surface area (Å²) in [5.41, 5.74) is 0.486. The number of para-hydroxylation sites is 1. The van der Waals surface area contributed by atoms with Gasteiger partial charge < -0.3 is 9.67 Å².